The second-order valence-corrected chi connectivity index (χ2v) is 5.42. The van der Waals surface area contributed by atoms with Crippen LogP contribution in [0.25, 0.3) is 0 Å². The highest BCUT2D eigenvalue weighted by atomic mass is 19.2. The molecule has 0 spiro atoms. The topological polar surface area (TPSA) is 77.8 Å². The first-order valence-corrected chi connectivity index (χ1v) is 7.66. The SMILES string of the molecule is N#Cc1cccc(NC(=O)c2ccnc(Nc3ccc(F)c(F)c3F)c2)c1. The second-order valence-electron chi connectivity index (χ2n) is 5.42. The van der Waals surface area contributed by atoms with Crippen molar-refractivity contribution in [3.8, 4) is 6.07 Å². The molecule has 1 aromatic heterocycles. The number of hydrogen-bond donors (Lipinski definition) is 2. The van der Waals surface area contributed by atoms with Gasteiger partial charge in [-0.3, -0.25) is 4.79 Å². The molecule has 3 aromatic rings. The lowest BCUT2D eigenvalue weighted by Crippen LogP contribution is -2.12. The molecule has 0 aliphatic rings. The zero-order valence-electron chi connectivity index (χ0n) is 13.6. The number of rotatable bonds is 4. The van der Waals surface area contributed by atoms with E-state index in [0.717, 1.165) is 12.1 Å². The highest BCUT2D eigenvalue weighted by Crippen LogP contribution is 2.23. The van der Waals surface area contributed by atoms with Crippen LogP contribution in [0.4, 0.5) is 30.4 Å². The number of nitriles is 1. The molecule has 27 heavy (non-hydrogen) atoms. The van der Waals surface area contributed by atoms with E-state index >= 15 is 0 Å². The molecule has 8 heteroatoms. The van der Waals surface area contributed by atoms with Gasteiger partial charge in [-0.25, -0.2) is 18.2 Å². The highest BCUT2D eigenvalue weighted by Gasteiger charge is 2.14. The Balaban J connectivity index is 1.80. The van der Waals surface area contributed by atoms with Gasteiger partial charge in [0.15, 0.2) is 17.5 Å². The van der Waals surface area contributed by atoms with Gasteiger partial charge in [0, 0.05) is 17.4 Å². The lowest BCUT2D eigenvalue weighted by Gasteiger charge is -2.10. The summed E-state index contributed by atoms with van der Waals surface area (Å²) in [5.74, 6) is -4.72. The van der Waals surface area contributed by atoms with E-state index in [0.29, 0.717) is 11.3 Å². The molecular weight excluding hydrogens is 357 g/mol. The van der Waals surface area contributed by atoms with Gasteiger partial charge in [0.05, 0.1) is 17.3 Å². The normalized spacial score (nSPS) is 10.1. The second kappa shape index (κ2) is 7.58. The van der Waals surface area contributed by atoms with Crippen molar-refractivity contribution in [2.45, 2.75) is 0 Å². The van der Waals surface area contributed by atoms with Gasteiger partial charge in [0.2, 0.25) is 0 Å². The molecule has 0 aliphatic carbocycles. The number of hydrogen-bond acceptors (Lipinski definition) is 4. The molecule has 0 aliphatic heterocycles. The number of pyridine rings is 1. The van der Waals surface area contributed by atoms with Gasteiger partial charge in [0.25, 0.3) is 5.91 Å². The summed E-state index contributed by atoms with van der Waals surface area (Å²) in [6.07, 6.45) is 1.31. The molecule has 2 aromatic carbocycles. The van der Waals surface area contributed by atoms with Crippen molar-refractivity contribution in [3.05, 3.63) is 83.3 Å². The van der Waals surface area contributed by atoms with Crippen LogP contribution in [-0.2, 0) is 0 Å². The number of anilines is 3. The Hall–Kier alpha value is -3.86. The van der Waals surface area contributed by atoms with Crippen LogP contribution in [-0.4, -0.2) is 10.9 Å². The molecule has 0 bridgehead atoms. The monoisotopic (exact) mass is 368 g/mol. The van der Waals surface area contributed by atoms with Crippen LogP contribution < -0.4 is 10.6 Å². The van der Waals surface area contributed by atoms with Crippen LogP contribution >= 0.6 is 0 Å². The number of carbonyl (C=O) groups excluding carboxylic acids is 1. The van der Waals surface area contributed by atoms with Crippen molar-refractivity contribution < 1.29 is 18.0 Å². The van der Waals surface area contributed by atoms with E-state index < -0.39 is 23.4 Å². The summed E-state index contributed by atoms with van der Waals surface area (Å²) >= 11 is 0. The van der Waals surface area contributed by atoms with Crippen molar-refractivity contribution in [3.63, 3.8) is 0 Å². The van der Waals surface area contributed by atoms with E-state index in [9.17, 15) is 18.0 Å². The van der Waals surface area contributed by atoms with Gasteiger partial charge in [-0.2, -0.15) is 5.26 Å². The number of halogens is 3. The summed E-state index contributed by atoms with van der Waals surface area (Å²) in [5.41, 5.74) is 0.689. The van der Waals surface area contributed by atoms with Crippen LogP contribution in [0.2, 0.25) is 0 Å². The maximum Gasteiger partial charge on any atom is 0.255 e. The van der Waals surface area contributed by atoms with E-state index in [4.69, 9.17) is 5.26 Å². The average molecular weight is 368 g/mol. The predicted molar refractivity (Wildman–Crippen MR) is 92.9 cm³/mol. The average Bonchev–Trinajstić information content (AvgIpc) is 2.69. The first-order chi connectivity index (χ1) is 13.0. The molecular formula is C19H11F3N4O. The predicted octanol–water partition coefficient (Wildman–Crippen LogP) is 4.37. The fraction of sp³-hybridized carbons (Fsp3) is 0. The van der Waals surface area contributed by atoms with Crippen molar-refractivity contribution in [2.75, 3.05) is 10.6 Å². The van der Waals surface area contributed by atoms with Gasteiger partial charge in [-0.15, -0.1) is 0 Å². The van der Waals surface area contributed by atoms with Gasteiger partial charge in [-0.1, -0.05) is 6.07 Å². The standard InChI is InChI=1S/C19H11F3N4O/c20-14-4-5-15(18(22)17(14)21)26-16-9-12(6-7-24-16)19(27)25-13-3-1-2-11(8-13)10-23/h1-9H,(H,24,26)(H,25,27). The Labute approximate surface area is 152 Å². The van der Waals surface area contributed by atoms with Crippen LogP contribution in [0.1, 0.15) is 15.9 Å². The number of benzene rings is 2. The minimum absolute atomic E-state index is 0.0679. The number of nitrogens with one attached hydrogen (secondary N) is 2. The van der Waals surface area contributed by atoms with Crippen LogP contribution in [0, 0.1) is 28.8 Å². The molecule has 0 saturated carbocycles. The molecule has 0 unspecified atom stereocenters. The molecule has 0 atom stereocenters. The van der Waals surface area contributed by atoms with Gasteiger partial charge >= 0.3 is 0 Å². The fourth-order valence-electron chi connectivity index (χ4n) is 2.27. The molecule has 0 radical (unpaired) electrons. The zero-order valence-corrected chi connectivity index (χ0v) is 13.6. The third-order valence-electron chi connectivity index (χ3n) is 3.57. The molecule has 2 N–H and O–H groups in total. The quantitative estimate of drug-likeness (QED) is 0.671. The van der Waals surface area contributed by atoms with Crippen molar-refractivity contribution in [1.29, 1.82) is 5.26 Å². The first kappa shape index (κ1) is 17.9. The molecule has 1 heterocycles. The van der Waals surface area contributed by atoms with Crippen LogP contribution in [0.3, 0.4) is 0 Å². The molecule has 0 saturated heterocycles. The number of aromatic nitrogens is 1. The third kappa shape index (κ3) is 4.04. The van der Waals surface area contributed by atoms with Crippen molar-refractivity contribution in [1.82, 2.24) is 4.98 Å². The number of nitrogens with zero attached hydrogens (tertiary/aromatic N) is 2. The Kier molecular flexibility index (Phi) is 5.04. The third-order valence-corrected chi connectivity index (χ3v) is 3.57. The highest BCUT2D eigenvalue weighted by molar-refractivity contribution is 6.04. The van der Waals surface area contributed by atoms with Gasteiger partial charge < -0.3 is 10.6 Å². The van der Waals surface area contributed by atoms with E-state index in [1.54, 1.807) is 18.2 Å². The van der Waals surface area contributed by atoms with E-state index in [1.807, 2.05) is 6.07 Å². The van der Waals surface area contributed by atoms with E-state index in [2.05, 4.69) is 15.6 Å². The van der Waals surface area contributed by atoms with Crippen molar-refractivity contribution in [2.24, 2.45) is 0 Å². The van der Waals surface area contributed by atoms with Gasteiger partial charge in [-0.05, 0) is 42.5 Å². The molecule has 5 nitrogen and oxygen atoms in total. The number of amides is 1. The van der Waals surface area contributed by atoms with E-state index in [-0.39, 0.29) is 17.1 Å². The largest absolute Gasteiger partial charge is 0.338 e. The summed E-state index contributed by atoms with van der Waals surface area (Å²) in [6.45, 7) is 0. The summed E-state index contributed by atoms with van der Waals surface area (Å²) in [5, 5.41) is 14.0. The summed E-state index contributed by atoms with van der Waals surface area (Å²) < 4.78 is 40.1. The Bertz CT molecular complexity index is 1060. The Morgan fingerprint density at radius 3 is 2.63 bits per heavy atom. The lowest BCUT2D eigenvalue weighted by molar-refractivity contribution is 0.102. The summed E-state index contributed by atoms with van der Waals surface area (Å²) in [7, 11) is 0. The van der Waals surface area contributed by atoms with Gasteiger partial charge in [0.1, 0.15) is 5.82 Å². The lowest BCUT2D eigenvalue weighted by atomic mass is 10.2. The summed E-state index contributed by atoms with van der Waals surface area (Å²) in [4.78, 5) is 16.3. The minimum Gasteiger partial charge on any atom is -0.338 e. The maximum absolute atomic E-state index is 13.8. The summed E-state index contributed by atoms with van der Waals surface area (Å²) in [6, 6.07) is 12.9. The maximum atomic E-state index is 13.8. The Morgan fingerprint density at radius 2 is 1.85 bits per heavy atom. The molecule has 0 fully saturated rings. The smallest absolute Gasteiger partial charge is 0.255 e. The van der Waals surface area contributed by atoms with Crippen LogP contribution in [0.5, 0.6) is 0 Å². The first-order valence-electron chi connectivity index (χ1n) is 7.66. The molecule has 134 valence electrons. The number of carbonyl (C=O) groups is 1. The minimum atomic E-state index is -1.61. The zero-order chi connectivity index (χ0) is 19.4. The fourth-order valence-corrected chi connectivity index (χ4v) is 2.27. The van der Waals surface area contributed by atoms with Crippen LogP contribution in [0.15, 0.2) is 54.7 Å². The van der Waals surface area contributed by atoms with Crippen molar-refractivity contribution >= 4 is 23.1 Å². The molecule has 3 rings (SSSR count). The van der Waals surface area contributed by atoms with E-state index in [1.165, 1.54) is 24.4 Å². The Morgan fingerprint density at radius 1 is 1.04 bits per heavy atom. The molecule has 1 amide bonds.